The minimum absolute atomic E-state index is 0.0537. The molecule has 0 fully saturated rings. The van der Waals surface area contributed by atoms with Crippen molar-refractivity contribution in [2.75, 3.05) is 7.11 Å². The van der Waals surface area contributed by atoms with E-state index in [2.05, 4.69) is 20.8 Å². The van der Waals surface area contributed by atoms with Crippen molar-refractivity contribution in [2.45, 2.75) is 46.0 Å². The number of carboxylic acids is 1. The predicted octanol–water partition coefficient (Wildman–Crippen LogP) is 4.26. The van der Waals surface area contributed by atoms with E-state index in [0.717, 1.165) is 35.3 Å². The lowest BCUT2D eigenvalue weighted by Crippen LogP contribution is -2.13. The summed E-state index contributed by atoms with van der Waals surface area (Å²) in [6.45, 7) is 8.41. The number of benzene rings is 1. The van der Waals surface area contributed by atoms with Gasteiger partial charge in [0.2, 0.25) is 0 Å². The fraction of sp³-hybridized carbons (Fsp3) is 0.471. The number of carbonyl (C=O) groups is 1. The average molecular weight is 276 g/mol. The summed E-state index contributed by atoms with van der Waals surface area (Å²) in [7, 11) is 1.66. The highest BCUT2D eigenvalue weighted by atomic mass is 16.5. The molecule has 0 saturated heterocycles. The molecule has 20 heavy (non-hydrogen) atoms. The maximum atomic E-state index is 11.0. The summed E-state index contributed by atoms with van der Waals surface area (Å²) in [5, 5.41) is 9.00. The fourth-order valence-electron chi connectivity index (χ4n) is 2.21. The Balaban J connectivity index is 3.35. The molecule has 3 nitrogen and oxygen atoms in total. The summed E-state index contributed by atoms with van der Waals surface area (Å²) >= 11 is 0. The molecule has 0 saturated carbocycles. The Hall–Kier alpha value is -1.77. The van der Waals surface area contributed by atoms with Crippen LogP contribution in [0.5, 0.6) is 5.75 Å². The molecule has 0 amide bonds. The monoisotopic (exact) mass is 276 g/mol. The van der Waals surface area contributed by atoms with E-state index in [1.54, 1.807) is 7.11 Å². The Labute approximate surface area is 121 Å². The summed E-state index contributed by atoms with van der Waals surface area (Å²) in [6.07, 6.45) is 2.97. The number of carboxylic acid groups (broad SMARTS) is 1. The van der Waals surface area contributed by atoms with Gasteiger partial charge in [-0.2, -0.15) is 0 Å². The molecule has 0 spiro atoms. The van der Waals surface area contributed by atoms with Gasteiger partial charge in [-0.3, -0.25) is 0 Å². The zero-order valence-electron chi connectivity index (χ0n) is 13.0. The second-order valence-electron chi connectivity index (χ2n) is 5.92. The third-order valence-electron chi connectivity index (χ3n) is 3.20. The molecule has 1 aromatic carbocycles. The van der Waals surface area contributed by atoms with Crippen molar-refractivity contribution < 1.29 is 14.6 Å². The molecule has 0 bridgehead atoms. The predicted molar refractivity (Wildman–Crippen MR) is 82.2 cm³/mol. The molecule has 0 aliphatic heterocycles. The second-order valence-corrected chi connectivity index (χ2v) is 5.92. The second kappa shape index (κ2) is 6.60. The minimum Gasteiger partial charge on any atom is -0.496 e. The van der Waals surface area contributed by atoms with E-state index in [9.17, 15) is 4.79 Å². The molecule has 0 radical (unpaired) electrons. The van der Waals surface area contributed by atoms with Crippen LogP contribution in [0.1, 0.15) is 51.7 Å². The smallest absolute Gasteiger partial charge is 0.328 e. The number of rotatable bonds is 5. The van der Waals surface area contributed by atoms with Crippen LogP contribution in [0.2, 0.25) is 0 Å². The summed E-state index contributed by atoms with van der Waals surface area (Å²) in [4.78, 5) is 11.0. The van der Waals surface area contributed by atoms with Gasteiger partial charge in [0.1, 0.15) is 5.75 Å². The lowest BCUT2D eigenvalue weighted by Gasteiger charge is -2.23. The SMILES string of the molecule is CCC/C(=C\C(=O)O)c1ccc(OC)c(C(C)(C)C)c1. The zero-order chi connectivity index (χ0) is 15.3. The molecule has 1 rings (SSSR count). The van der Waals surface area contributed by atoms with Crippen LogP contribution in [-0.4, -0.2) is 18.2 Å². The number of hydrogen-bond donors (Lipinski definition) is 1. The first-order valence-corrected chi connectivity index (χ1v) is 6.92. The average Bonchev–Trinajstić information content (AvgIpc) is 2.36. The Kier molecular flexibility index (Phi) is 5.37. The lowest BCUT2D eigenvalue weighted by molar-refractivity contribution is -0.131. The molecule has 1 aromatic rings. The van der Waals surface area contributed by atoms with Crippen LogP contribution >= 0.6 is 0 Å². The van der Waals surface area contributed by atoms with Crippen LogP contribution in [0.25, 0.3) is 5.57 Å². The van der Waals surface area contributed by atoms with Gasteiger partial charge in [0, 0.05) is 11.6 Å². The van der Waals surface area contributed by atoms with E-state index < -0.39 is 5.97 Å². The molecule has 3 heteroatoms. The Bertz CT molecular complexity index is 507. The van der Waals surface area contributed by atoms with Crippen LogP contribution in [0, 0.1) is 0 Å². The Morgan fingerprint density at radius 3 is 2.45 bits per heavy atom. The van der Waals surface area contributed by atoms with Gasteiger partial charge < -0.3 is 9.84 Å². The molecule has 1 N–H and O–H groups in total. The molecule has 0 aliphatic carbocycles. The van der Waals surface area contributed by atoms with Crippen LogP contribution in [0.15, 0.2) is 24.3 Å². The highest BCUT2D eigenvalue weighted by Crippen LogP contribution is 2.34. The van der Waals surface area contributed by atoms with Gasteiger partial charge in [-0.05, 0) is 35.1 Å². The van der Waals surface area contributed by atoms with Crippen molar-refractivity contribution in [3.63, 3.8) is 0 Å². The number of hydrogen-bond acceptors (Lipinski definition) is 2. The number of allylic oxidation sites excluding steroid dienone is 1. The van der Waals surface area contributed by atoms with Crippen molar-refractivity contribution in [2.24, 2.45) is 0 Å². The van der Waals surface area contributed by atoms with Crippen LogP contribution in [0.4, 0.5) is 0 Å². The van der Waals surface area contributed by atoms with E-state index in [1.807, 2.05) is 25.1 Å². The molecule has 0 aromatic heterocycles. The topological polar surface area (TPSA) is 46.5 Å². The van der Waals surface area contributed by atoms with E-state index in [0.29, 0.717) is 0 Å². The molecular weight excluding hydrogens is 252 g/mol. The first-order chi connectivity index (χ1) is 9.29. The number of ether oxygens (including phenoxy) is 1. The third kappa shape index (κ3) is 4.12. The standard InChI is InChI=1S/C17H24O3/c1-6-7-12(11-16(18)19)13-8-9-15(20-5)14(10-13)17(2,3)4/h8-11H,6-7H2,1-5H3,(H,18,19)/b12-11+. The van der Waals surface area contributed by atoms with E-state index in [4.69, 9.17) is 9.84 Å². The summed E-state index contributed by atoms with van der Waals surface area (Å²) < 4.78 is 5.41. The van der Waals surface area contributed by atoms with Crippen molar-refractivity contribution in [3.05, 3.63) is 35.4 Å². The van der Waals surface area contributed by atoms with Crippen molar-refractivity contribution in [1.29, 1.82) is 0 Å². The van der Waals surface area contributed by atoms with Crippen LogP contribution < -0.4 is 4.74 Å². The van der Waals surface area contributed by atoms with Gasteiger partial charge in [0.15, 0.2) is 0 Å². The minimum atomic E-state index is -0.901. The van der Waals surface area contributed by atoms with Crippen molar-refractivity contribution in [1.82, 2.24) is 0 Å². The van der Waals surface area contributed by atoms with E-state index in [-0.39, 0.29) is 5.41 Å². The van der Waals surface area contributed by atoms with Gasteiger partial charge in [-0.15, -0.1) is 0 Å². The summed E-state index contributed by atoms with van der Waals surface area (Å²) in [6, 6.07) is 5.89. The molecule has 0 heterocycles. The van der Waals surface area contributed by atoms with Gasteiger partial charge in [-0.25, -0.2) is 4.79 Å². The first kappa shape index (κ1) is 16.3. The van der Waals surface area contributed by atoms with Gasteiger partial charge in [0.05, 0.1) is 7.11 Å². The molecule has 0 atom stereocenters. The van der Waals surface area contributed by atoms with Crippen molar-refractivity contribution >= 4 is 11.5 Å². The number of methoxy groups -OCH3 is 1. The lowest BCUT2D eigenvalue weighted by atomic mass is 9.84. The van der Waals surface area contributed by atoms with Gasteiger partial charge in [0.25, 0.3) is 0 Å². The Morgan fingerprint density at radius 2 is 2.00 bits per heavy atom. The van der Waals surface area contributed by atoms with E-state index >= 15 is 0 Å². The summed E-state index contributed by atoms with van der Waals surface area (Å²) in [5.74, 6) is -0.0611. The number of aliphatic carboxylic acids is 1. The molecular formula is C17H24O3. The molecule has 110 valence electrons. The normalized spacial score (nSPS) is 12.3. The highest BCUT2D eigenvalue weighted by molar-refractivity contribution is 5.90. The maximum Gasteiger partial charge on any atom is 0.328 e. The van der Waals surface area contributed by atoms with Gasteiger partial charge >= 0.3 is 5.97 Å². The van der Waals surface area contributed by atoms with E-state index in [1.165, 1.54) is 6.08 Å². The van der Waals surface area contributed by atoms with Crippen LogP contribution in [-0.2, 0) is 10.2 Å². The highest BCUT2D eigenvalue weighted by Gasteiger charge is 2.20. The largest absolute Gasteiger partial charge is 0.496 e. The Morgan fingerprint density at radius 1 is 1.35 bits per heavy atom. The van der Waals surface area contributed by atoms with Crippen LogP contribution in [0.3, 0.4) is 0 Å². The molecule has 0 aliphatic rings. The van der Waals surface area contributed by atoms with Gasteiger partial charge in [-0.1, -0.05) is 40.2 Å². The zero-order valence-corrected chi connectivity index (χ0v) is 13.0. The third-order valence-corrected chi connectivity index (χ3v) is 3.20. The fourth-order valence-corrected chi connectivity index (χ4v) is 2.21. The quantitative estimate of drug-likeness (QED) is 0.817. The maximum absolute atomic E-state index is 11.0. The molecule has 0 unspecified atom stereocenters. The summed E-state index contributed by atoms with van der Waals surface area (Å²) in [5.41, 5.74) is 2.85. The first-order valence-electron chi connectivity index (χ1n) is 6.92. The van der Waals surface area contributed by atoms with Crippen molar-refractivity contribution in [3.8, 4) is 5.75 Å².